The number of hydrogen-bond donors (Lipinski definition) is 0. The zero-order valence-corrected chi connectivity index (χ0v) is 29.8. The van der Waals surface area contributed by atoms with Crippen LogP contribution in [0.15, 0.2) is 48.6 Å². The van der Waals surface area contributed by atoms with E-state index in [2.05, 4.69) is 67.4 Å². The summed E-state index contributed by atoms with van der Waals surface area (Å²) in [5.41, 5.74) is 0. The van der Waals surface area contributed by atoms with E-state index in [1.165, 1.54) is 89.9 Å². The number of unbranched alkanes of at least 4 members (excludes halogenated alkanes) is 16. The summed E-state index contributed by atoms with van der Waals surface area (Å²) < 4.78 is 0. The Morgan fingerprint density at radius 2 is 0.818 bits per heavy atom. The lowest BCUT2D eigenvalue weighted by molar-refractivity contribution is -0.133. The molecule has 0 spiro atoms. The standard InChI is InChI=1S/C41H73NO2/c1-5-7-9-11-13-15-17-19-21-23-25-27-29-31-33-35-40(43)39(37-38-42(3)4)41(44)36-34-32-30-28-26-24-22-20-18-16-14-12-10-8-6-2/h13-16,19-22,39H,5-12,17-18,23-38H2,1-4H3/b15-13-,16-14-,21-19-,22-20-. The minimum atomic E-state index is -0.394. The maximum absolute atomic E-state index is 13.0. The molecule has 0 unspecified atom stereocenters. The van der Waals surface area contributed by atoms with Crippen LogP contribution in [0.2, 0.25) is 0 Å². The minimum Gasteiger partial charge on any atom is -0.309 e. The molecule has 0 N–H and O–H groups in total. The summed E-state index contributed by atoms with van der Waals surface area (Å²) >= 11 is 0. The number of Topliss-reactive ketones (excluding diaryl/α,β-unsaturated/α-hetero) is 2. The summed E-state index contributed by atoms with van der Waals surface area (Å²) in [6.07, 6.45) is 46.2. The highest BCUT2D eigenvalue weighted by Crippen LogP contribution is 2.18. The van der Waals surface area contributed by atoms with Gasteiger partial charge in [0.15, 0.2) is 0 Å². The predicted octanol–water partition coefficient (Wildman–Crippen LogP) is 12.3. The molecule has 0 bridgehead atoms. The Morgan fingerprint density at radius 1 is 0.477 bits per heavy atom. The zero-order chi connectivity index (χ0) is 32.4. The van der Waals surface area contributed by atoms with Crippen molar-refractivity contribution in [2.75, 3.05) is 20.6 Å². The van der Waals surface area contributed by atoms with Crippen molar-refractivity contribution in [1.29, 1.82) is 0 Å². The van der Waals surface area contributed by atoms with Gasteiger partial charge in [-0.3, -0.25) is 9.59 Å². The van der Waals surface area contributed by atoms with Gasteiger partial charge in [0.2, 0.25) is 0 Å². The average molecular weight is 612 g/mol. The number of allylic oxidation sites excluding steroid dienone is 8. The molecule has 0 radical (unpaired) electrons. The second-order valence-electron chi connectivity index (χ2n) is 13.0. The summed E-state index contributed by atoms with van der Waals surface area (Å²) in [6.45, 7) is 5.29. The van der Waals surface area contributed by atoms with Crippen LogP contribution in [0.25, 0.3) is 0 Å². The molecule has 44 heavy (non-hydrogen) atoms. The first-order valence-electron chi connectivity index (χ1n) is 18.8. The molecule has 3 heteroatoms. The number of nitrogens with zero attached hydrogens (tertiary/aromatic N) is 1. The van der Waals surface area contributed by atoms with Gasteiger partial charge in [-0.25, -0.2) is 0 Å². The number of carbonyl (C=O) groups is 2. The van der Waals surface area contributed by atoms with Crippen LogP contribution >= 0.6 is 0 Å². The van der Waals surface area contributed by atoms with Crippen LogP contribution in [0.4, 0.5) is 0 Å². The molecule has 254 valence electrons. The molecule has 3 nitrogen and oxygen atoms in total. The van der Waals surface area contributed by atoms with E-state index in [1.807, 2.05) is 14.1 Å². The third-order valence-electron chi connectivity index (χ3n) is 8.39. The van der Waals surface area contributed by atoms with Gasteiger partial charge in [-0.2, -0.15) is 0 Å². The lowest BCUT2D eigenvalue weighted by atomic mass is 9.89. The quantitative estimate of drug-likeness (QED) is 0.0421. The fourth-order valence-corrected chi connectivity index (χ4v) is 5.46. The maximum Gasteiger partial charge on any atom is 0.143 e. The lowest BCUT2D eigenvalue weighted by Crippen LogP contribution is -2.28. The van der Waals surface area contributed by atoms with Crippen molar-refractivity contribution in [2.45, 2.75) is 174 Å². The Hall–Kier alpha value is -1.74. The van der Waals surface area contributed by atoms with E-state index in [1.54, 1.807) is 0 Å². The van der Waals surface area contributed by atoms with E-state index in [4.69, 9.17) is 0 Å². The molecular formula is C41H73NO2. The minimum absolute atomic E-state index is 0.185. The van der Waals surface area contributed by atoms with Gasteiger partial charge in [-0.1, -0.05) is 127 Å². The van der Waals surface area contributed by atoms with Gasteiger partial charge in [-0.05, 0) is 104 Å². The van der Waals surface area contributed by atoms with Gasteiger partial charge in [0.25, 0.3) is 0 Å². The van der Waals surface area contributed by atoms with Crippen LogP contribution in [0.1, 0.15) is 174 Å². The van der Waals surface area contributed by atoms with E-state index in [-0.39, 0.29) is 11.6 Å². The topological polar surface area (TPSA) is 37.4 Å². The van der Waals surface area contributed by atoms with E-state index in [0.717, 1.165) is 57.9 Å². The highest BCUT2D eigenvalue weighted by Gasteiger charge is 2.25. The average Bonchev–Trinajstić information content (AvgIpc) is 3.01. The third-order valence-corrected chi connectivity index (χ3v) is 8.39. The molecular weight excluding hydrogens is 538 g/mol. The van der Waals surface area contributed by atoms with Crippen LogP contribution in [0, 0.1) is 5.92 Å². The van der Waals surface area contributed by atoms with E-state index >= 15 is 0 Å². The summed E-state index contributed by atoms with van der Waals surface area (Å²) in [6, 6.07) is 0. The molecule has 0 aliphatic carbocycles. The van der Waals surface area contributed by atoms with Crippen molar-refractivity contribution < 1.29 is 9.59 Å². The highest BCUT2D eigenvalue weighted by molar-refractivity contribution is 6.02. The number of rotatable bonds is 33. The zero-order valence-electron chi connectivity index (χ0n) is 29.8. The third kappa shape index (κ3) is 30.3. The predicted molar refractivity (Wildman–Crippen MR) is 195 cm³/mol. The van der Waals surface area contributed by atoms with Gasteiger partial charge in [0.05, 0.1) is 5.92 Å². The Morgan fingerprint density at radius 3 is 1.18 bits per heavy atom. The molecule has 0 fully saturated rings. The highest BCUT2D eigenvalue weighted by atomic mass is 16.1. The van der Waals surface area contributed by atoms with Crippen molar-refractivity contribution in [2.24, 2.45) is 5.92 Å². The molecule has 0 saturated carbocycles. The summed E-state index contributed by atoms with van der Waals surface area (Å²) in [7, 11) is 4.04. The fourth-order valence-electron chi connectivity index (χ4n) is 5.46. The first-order chi connectivity index (χ1) is 21.5. The van der Waals surface area contributed by atoms with Gasteiger partial charge >= 0.3 is 0 Å². The van der Waals surface area contributed by atoms with E-state index in [0.29, 0.717) is 19.3 Å². The van der Waals surface area contributed by atoms with Crippen LogP contribution < -0.4 is 0 Å². The fraction of sp³-hybridized carbons (Fsp3) is 0.756. The monoisotopic (exact) mass is 612 g/mol. The van der Waals surface area contributed by atoms with E-state index in [9.17, 15) is 9.59 Å². The first kappa shape index (κ1) is 42.3. The molecule has 0 aliphatic rings. The summed E-state index contributed by atoms with van der Waals surface area (Å²) in [5.74, 6) is -0.0238. The molecule has 0 aromatic heterocycles. The Bertz CT molecular complexity index is 703. The summed E-state index contributed by atoms with van der Waals surface area (Å²) in [5, 5.41) is 0. The van der Waals surface area contributed by atoms with Crippen molar-refractivity contribution in [3.8, 4) is 0 Å². The Balaban J connectivity index is 4.01. The maximum atomic E-state index is 13.0. The van der Waals surface area contributed by atoms with Gasteiger partial charge in [-0.15, -0.1) is 0 Å². The van der Waals surface area contributed by atoms with Crippen molar-refractivity contribution in [1.82, 2.24) is 4.90 Å². The van der Waals surface area contributed by atoms with Gasteiger partial charge in [0, 0.05) is 12.8 Å². The molecule has 0 aromatic carbocycles. The Labute approximate surface area is 275 Å². The summed E-state index contributed by atoms with van der Waals surface area (Å²) in [4.78, 5) is 28.1. The molecule has 0 amide bonds. The molecule has 0 saturated heterocycles. The normalized spacial score (nSPS) is 12.4. The smallest absolute Gasteiger partial charge is 0.143 e. The van der Waals surface area contributed by atoms with Gasteiger partial charge < -0.3 is 4.90 Å². The molecule has 0 atom stereocenters. The van der Waals surface area contributed by atoms with Crippen molar-refractivity contribution in [3.05, 3.63) is 48.6 Å². The van der Waals surface area contributed by atoms with E-state index < -0.39 is 5.92 Å². The first-order valence-corrected chi connectivity index (χ1v) is 18.8. The molecule has 0 rings (SSSR count). The SMILES string of the molecule is CCCCC/C=C\C/C=C\CCCCCCCC(=O)C(CCN(C)C)C(=O)CCCCCCC/C=C\C/C=C\CCCCC. The lowest BCUT2D eigenvalue weighted by Gasteiger charge is -2.17. The second-order valence-corrected chi connectivity index (χ2v) is 13.0. The molecule has 0 aromatic rings. The number of carbonyl (C=O) groups excluding carboxylic acids is 2. The van der Waals surface area contributed by atoms with Crippen LogP contribution in [0.5, 0.6) is 0 Å². The van der Waals surface area contributed by atoms with Crippen LogP contribution in [0.3, 0.4) is 0 Å². The number of hydrogen-bond acceptors (Lipinski definition) is 3. The number of ketones is 2. The molecule has 0 aliphatic heterocycles. The van der Waals surface area contributed by atoms with Crippen molar-refractivity contribution in [3.63, 3.8) is 0 Å². The largest absolute Gasteiger partial charge is 0.309 e. The molecule has 0 heterocycles. The van der Waals surface area contributed by atoms with Crippen molar-refractivity contribution >= 4 is 11.6 Å². The van der Waals surface area contributed by atoms with Gasteiger partial charge in [0.1, 0.15) is 11.6 Å². The van der Waals surface area contributed by atoms with Crippen LogP contribution in [-0.2, 0) is 9.59 Å². The second kappa shape index (κ2) is 34.1. The Kier molecular flexibility index (Phi) is 32.8. The van der Waals surface area contributed by atoms with Crippen LogP contribution in [-0.4, -0.2) is 37.1 Å².